The first kappa shape index (κ1) is 12.7. The summed E-state index contributed by atoms with van der Waals surface area (Å²) in [7, 11) is 0. The van der Waals surface area contributed by atoms with Crippen LogP contribution in [0.25, 0.3) is 0 Å². The molecule has 5 heteroatoms. The Morgan fingerprint density at radius 1 is 1.38 bits per heavy atom. The van der Waals surface area contributed by atoms with Crippen molar-refractivity contribution in [3.05, 3.63) is 0 Å². The van der Waals surface area contributed by atoms with Crippen molar-refractivity contribution in [2.45, 2.75) is 45.6 Å². The number of carbonyl (C=O) groups is 2. The molecule has 0 aliphatic heterocycles. The molecule has 0 heterocycles. The molecule has 1 aliphatic rings. The lowest BCUT2D eigenvalue weighted by Crippen LogP contribution is -2.24. The van der Waals surface area contributed by atoms with Crippen molar-refractivity contribution in [3.63, 3.8) is 0 Å². The number of rotatable bonds is 3. The maximum absolute atomic E-state index is 11.3. The monoisotopic (exact) mass is 227 g/mol. The molecule has 1 saturated carbocycles. The Hall–Kier alpha value is -1.39. The minimum Gasteiger partial charge on any atom is -0.477 e. The van der Waals surface area contributed by atoms with E-state index in [1.54, 1.807) is 20.8 Å². The van der Waals surface area contributed by atoms with Gasteiger partial charge in [-0.25, -0.2) is 9.59 Å². The summed E-state index contributed by atoms with van der Waals surface area (Å²) in [4.78, 5) is 25.6. The van der Waals surface area contributed by atoms with Gasteiger partial charge in [-0.1, -0.05) is 0 Å². The zero-order valence-corrected chi connectivity index (χ0v) is 9.82. The van der Waals surface area contributed by atoms with Crippen LogP contribution in [-0.4, -0.2) is 28.5 Å². The van der Waals surface area contributed by atoms with Crippen molar-refractivity contribution in [1.29, 1.82) is 0 Å². The number of carboxylic acids is 1. The Bertz CT molecular complexity index is 323. The zero-order valence-electron chi connectivity index (χ0n) is 9.82. The lowest BCUT2D eigenvalue weighted by Gasteiger charge is -2.17. The second-order valence-electron chi connectivity index (χ2n) is 4.99. The number of ether oxygens (including phenoxy) is 1. The van der Waals surface area contributed by atoms with E-state index < -0.39 is 17.7 Å². The van der Waals surface area contributed by atoms with Crippen molar-refractivity contribution < 1.29 is 19.4 Å². The molecule has 0 aromatic rings. The number of amides is 1. The van der Waals surface area contributed by atoms with Crippen LogP contribution in [-0.2, 0) is 9.53 Å². The minimum absolute atomic E-state index is 0.100. The van der Waals surface area contributed by atoms with Crippen LogP contribution in [0.4, 0.5) is 4.79 Å². The molecule has 0 atom stereocenters. The number of nitrogens with zero attached hydrogens (tertiary/aromatic N) is 1. The Morgan fingerprint density at radius 3 is 2.31 bits per heavy atom. The predicted octanol–water partition coefficient (Wildman–Crippen LogP) is 2.25. The topological polar surface area (TPSA) is 76.0 Å². The standard InChI is InChI=1S/C11H17NO4/c1-11(2,3)16-10(15)12-8(9(13)14)6-7-4-5-7/h7H,4-6H2,1-3H3,(H,13,14). The maximum Gasteiger partial charge on any atom is 0.434 e. The van der Waals surface area contributed by atoms with Crippen molar-refractivity contribution in [1.82, 2.24) is 0 Å². The third-order valence-corrected chi connectivity index (χ3v) is 2.05. The molecular formula is C11H17NO4. The molecular weight excluding hydrogens is 210 g/mol. The van der Waals surface area contributed by atoms with Crippen molar-refractivity contribution in [3.8, 4) is 0 Å². The summed E-state index contributed by atoms with van der Waals surface area (Å²) in [6.07, 6.45) is 1.56. The first-order chi connectivity index (χ1) is 7.28. The fourth-order valence-electron chi connectivity index (χ4n) is 1.17. The van der Waals surface area contributed by atoms with Gasteiger partial charge in [0.05, 0.1) is 0 Å². The third-order valence-electron chi connectivity index (χ3n) is 2.05. The molecule has 0 bridgehead atoms. The van der Waals surface area contributed by atoms with Crippen LogP contribution in [0, 0.1) is 5.92 Å². The SMILES string of the molecule is CC(C)(C)OC(=O)N=C(CC1CC1)C(=O)O. The van der Waals surface area contributed by atoms with Crippen LogP contribution in [0.2, 0.25) is 0 Å². The van der Waals surface area contributed by atoms with E-state index in [1.807, 2.05) is 0 Å². The second kappa shape index (κ2) is 4.63. The highest BCUT2D eigenvalue weighted by atomic mass is 16.6. The van der Waals surface area contributed by atoms with Crippen LogP contribution in [0.1, 0.15) is 40.0 Å². The van der Waals surface area contributed by atoms with E-state index in [1.165, 1.54) is 0 Å². The average molecular weight is 227 g/mol. The van der Waals surface area contributed by atoms with E-state index in [4.69, 9.17) is 9.84 Å². The van der Waals surface area contributed by atoms with Crippen LogP contribution in [0.3, 0.4) is 0 Å². The highest BCUT2D eigenvalue weighted by Gasteiger charge is 2.27. The van der Waals surface area contributed by atoms with Gasteiger partial charge in [0.15, 0.2) is 0 Å². The van der Waals surface area contributed by atoms with Gasteiger partial charge in [0.1, 0.15) is 11.3 Å². The van der Waals surface area contributed by atoms with Gasteiger partial charge in [-0.2, -0.15) is 4.99 Å². The lowest BCUT2D eigenvalue weighted by atomic mass is 10.2. The molecule has 0 aromatic heterocycles. The van der Waals surface area contributed by atoms with E-state index in [9.17, 15) is 9.59 Å². The molecule has 5 nitrogen and oxygen atoms in total. The molecule has 0 unspecified atom stereocenters. The summed E-state index contributed by atoms with van der Waals surface area (Å²) in [5.41, 5.74) is -0.749. The Kier molecular flexibility index (Phi) is 3.67. The first-order valence-electron chi connectivity index (χ1n) is 5.32. The van der Waals surface area contributed by atoms with Gasteiger partial charge in [0.25, 0.3) is 0 Å². The maximum atomic E-state index is 11.3. The highest BCUT2D eigenvalue weighted by Crippen LogP contribution is 2.32. The summed E-state index contributed by atoms with van der Waals surface area (Å²) < 4.78 is 4.93. The molecule has 90 valence electrons. The number of carbonyl (C=O) groups excluding carboxylic acids is 1. The quantitative estimate of drug-likeness (QED) is 0.750. The van der Waals surface area contributed by atoms with Crippen LogP contribution < -0.4 is 0 Å². The predicted molar refractivity (Wildman–Crippen MR) is 58.6 cm³/mol. The van der Waals surface area contributed by atoms with Crippen molar-refractivity contribution in [2.24, 2.45) is 10.9 Å². The van der Waals surface area contributed by atoms with Crippen molar-refractivity contribution in [2.75, 3.05) is 0 Å². The molecule has 1 N–H and O–H groups in total. The van der Waals surface area contributed by atoms with Crippen LogP contribution >= 0.6 is 0 Å². The van der Waals surface area contributed by atoms with E-state index in [2.05, 4.69) is 4.99 Å². The van der Waals surface area contributed by atoms with E-state index in [0.717, 1.165) is 12.8 Å². The lowest BCUT2D eigenvalue weighted by molar-refractivity contribution is -0.129. The van der Waals surface area contributed by atoms with Gasteiger partial charge in [0.2, 0.25) is 0 Å². The first-order valence-corrected chi connectivity index (χ1v) is 5.32. The van der Waals surface area contributed by atoms with Crippen molar-refractivity contribution >= 4 is 17.8 Å². The van der Waals surface area contributed by atoms with Gasteiger partial charge >= 0.3 is 12.1 Å². The molecule has 0 saturated heterocycles. The normalized spacial score (nSPS) is 17.1. The molecule has 1 amide bonds. The summed E-state index contributed by atoms with van der Waals surface area (Å²) in [6, 6.07) is 0. The fourth-order valence-corrected chi connectivity index (χ4v) is 1.17. The molecule has 0 spiro atoms. The van der Waals surface area contributed by atoms with E-state index >= 15 is 0 Å². The number of aliphatic carboxylic acids is 1. The van der Waals surface area contributed by atoms with Gasteiger partial charge in [-0.15, -0.1) is 0 Å². The average Bonchev–Trinajstić information content (AvgIpc) is 2.82. The molecule has 1 fully saturated rings. The minimum atomic E-state index is -1.14. The second-order valence-corrected chi connectivity index (χ2v) is 4.99. The largest absolute Gasteiger partial charge is 0.477 e. The summed E-state index contributed by atoms with van der Waals surface area (Å²) in [6.45, 7) is 5.13. The van der Waals surface area contributed by atoms with Gasteiger partial charge < -0.3 is 9.84 Å². The Morgan fingerprint density at radius 2 is 1.94 bits per heavy atom. The number of hydrogen-bond acceptors (Lipinski definition) is 3. The van der Waals surface area contributed by atoms with Gasteiger partial charge in [-0.3, -0.25) is 0 Å². The smallest absolute Gasteiger partial charge is 0.434 e. The molecule has 0 aromatic carbocycles. The summed E-state index contributed by atoms with van der Waals surface area (Å²) in [5, 5.41) is 8.86. The summed E-state index contributed by atoms with van der Waals surface area (Å²) >= 11 is 0. The zero-order chi connectivity index (χ0) is 12.3. The Labute approximate surface area is 94.5 Å². The number of hydrogen-bond donors (Lipinski definition) is 1. The highest BCUT2D eigenvalue weighted by molar-refractivity contribution is 6.37. The van der Waals surface area contributed by atoms with E-state index in [-0.39, 0.29) is 5.71 Å². The number of aliphatic imine (C=N–C) groups is 1. The van der Waals surface area contributed by atoms with E-state index in [0.29, 0.717) is 12.3 Å². The van der Waals surface area contributed by atoms with Gasteiger partial charge in [0, 0.05) is 6.42 Å². The Balaban J connectivity index is 2.61. The fraction of sp³-hybridized carbons (Fsp3) is 0.727. The molecule has 1 rings (SSSR count). The third kappa shape index (κ3) is 4.91. The molecule has 1 aliphatic carbocycles. The van der Waals surface area contributed by atoms with Crippen LogP contribution in [0.15, 0.2) is 4.99 Å². The number of carboxylic acid groups (broad SMARTS) is 1. The van der Waals surface area contributed by atoms with Gasteiger partial charge in [-0.05, 0) is 39.5 Å². The van der Waals surface area contributed by atoms with Crippen LogP contribution in [0.5, 0.6) is 0 Å². The molecule has 16 heavy (non-hydrogen) atoms. The summed E-state index contributed by atoms with van der Waals surface area (Å²) in [5.74, 6) is -0.768. The molecule has 0 radical (unpaired) electrons.